The molecule has 0 saturated carbocycles. The smallest absolute Gasteiger partial charge is 0.118 e. The molecule has 1 aromatic rings. The van der Waals surface area contributed by atoms with Crippen LogP contribution < -0.4 is 0 Å². The van der Waals surface area contributed by atoms with Crippen LogP contribution in [-0.4, -0.2) is 5.11 Å². The van der Waals surface area contributed by atoms with Crippen LogP contribution in [0, 0.1) is 0 Å². The van der Waals surface area contributed by atoms with Gasteiger partial charge in [-0.25, -0.2) is 0 Å². The van der Waals surface area contributed by atoms with Crippen molar-refractivity contribution in [2.75, 3.05) is 0 Å². The van der Waals surface area contributed by atoms with Crippen molar-refractivity contribution in [3.8, 4) is 5.75 Å². The molecule has 1 aromatic carbocycles. The van der Waals surface area contributed by atoms with E-state index in [-0.39, 0.29) is 0 Å². The summed E-state index contributed by atoms with van der Waals surface area (Å²) in [4.78, 5) is 0. The maximum Gasteiger partial charge on any atom is 0.118 e. The molecule has 1 N–H and O–H groups in total. The highest BCUT2D eigenvalue weighted by molar-refractivity contribution is 5.31. The number of para-hydroxylation sites is 1. The summed E-state index contributed by atoms with van der Waals surface area (Å²) in [6.45, 7) is 6.35. The van der Waals surface area contributed by atoms with Crippen LogP contribution >= 0.6 is 0 Å². The molecule has 0 unspecified atom stereocenters. The van der Waals surface area contributed by atoms with Crippen LogP contribution in [0.4, 0.5) is 0 Å². The van der Waals surface area contributed by atoms with E-state index in [2.05, 4.69) is 20.8 Å². The summed E-state index contributed by atoms with van der Waals surface area (Å²) in [6, 6.07) is 7.48. The molecule has 0 saturated heterocycles. The van der Waals surface area contributed by atoms with E-state index in [4.69, 9.17) is 0 Å². The predicted octanol–water partition coefficient (Wildman–Crippen LogP) is 3.76. The van der Waals surface area contributed by atoms with Gasteiger partial charge in [-0.2, -0.15) is 0 Å². The van der Waals surface area contributed by atoms with E-state index in [9.17, 15) is 5.11 Å². The summed E-state index contributed by atoms with van der Waals surface area (Å²) >= 11 is 0. The van der Waals surface area contributed by atoms with Gasteiger partial charge in [0, 0.05) is 0 Å². The summed E-state index contributed by atoms with van der Waals surface area (Å²) < 4.78 is 0. The lowest BCUT2D eigenvalue weighted by Crippen LogP contribution is -1.81. The van der Waals surface area contributed by atoms with Crippen molar-refractivity contribution in [3.63, 3.8) is 0 Å². The van der Waals surface area contributed by atoms with E-state index >= 15 is 0 Å². The topological polar surface area (TPSA) is 20.2 Å². The van der Waals surface area contributed by atoms with Crippen molar-refractivity contribution >= 4 is 0 Å². The molecule has 1 heteroatoms. The number of benzene rings is 1. The third-order valence-electron chi connectivity index (χ3n) is 1.51. The summed E-state index contributed by atoms with van der Waals surface area (Å²) in [5, 5.41) is 9.24. The normalized spacial score (nSPS) is 8.85. The number of rotatable bonds is 2. The van der Waals surface area contributed by atoms with Gasteiger partial charge in [0.15, 0.2) is 0 Å². The third kappa shape index (κ3) is 5.29. The van der Waals surface area contributed by atoms with Crippen LogP contribution in [0.3, 0.4) is 0 Å². The minimum atomic E-state index is 0.421. The number of phenols is 1. The lowest BCUT2D eigenvalue weighted by Gasteiger charge is -1.99. The van der Waals surface area contributed by atoms with Gasteiger partial charge >= 0.3 is 0 Å². The van der Waals surface area contributed by atoms with Crippen molar-refractivity contribution < 1.29 is 5.11 Å². The van der Waals surface area contributed by atoms with Gasteiger partial charge in [-0.15, -0.1) is 0 Å². The van der Waals surface area contributed by atoms with Crippen molar-refractivity contribution in [2.45, 2.75) is 40.0 Å². The molecule has 1 nitrogen and oxygen atoms in total. The van der Waals surface area contributed by atoms with Crippen LogP contribution in [-0.2, 0) is 6.42 Å². The second-order valence-electron chi connectivity index (χ2n) is 3.09. The minimum Gasteiger partial charge on any atom is -0.508 e. The van der Waals surface area contributed by atoms with Crippen molar-refractivity contribution in [2.24, 2.45) is 0 Å². The lowest BCUT2D eigenvalue weighted by molar-refractivity contribution is 0.467. The van der Waals surface area contributed by atoms with E-state index in [1.807, 2.05) is 18.2 Å². The largest absolute Gasteiger partial charge is 0.508 e. The van der Waals surface area contributed by atoms with E-state index < -0.39 is 0 Å². The predicted molar refractivity (Wildman–Crippen MR) is 58.1 cm³/mol. The van der Waals surface area contributed by atoms with E-state index in [0.717, 1.165) is 18.4 Å². The van der Waals surface area contributed by atoms with E-state index in [1.165, 1.54) is 6.42 Å². The van der Waals surface area contributed by atoms with Gasteiger partial charge in [0.1, 0.15) is 5.75 Å². The zero-order valence-corrected chi connectivity index (χ0v) is 8.88. The summed E-state index contributed by atoms with van der Waals surface area (Å²) in [5.74, 6) is 0.421. The molecular weight excluding hydrogens is 160 g/mol. The number of hydrogen-bond acceptors (Lipinski definition) is 1. The van der Waals surface area contributed by atoms with Crippen molar-refractivity contribution in [1.82, 2.24) is 0 Å². The molecule has 0 radical (unpaired) electrons. The molecule has 0 heterocycles. The van der Waals surface area contributed by atoms with Crippen molar-refractivity contribution in [1.29, 1.82) is 0 Å². The van der Waals surface area contributed by atoms with Crippen molar-refractivity contribution in [3.05, 3.63) is 29.8 Å². The fourth-order valence-electron chi connectivity index (χ4n) is 0.992. The number of aryl methyl sites for hydroxylation is 1. The van der Waals surface area contributed by atoms with Gasteiger partial charge in [0.2, 0.25) is 0 Å². The molecule has 0 atom stereocenters. The van der Waals surface area contributed by atoms with Gasteiger partial charge in [-0.3, -0.25) is 0 Å². The summed E-state index contributed by atoms with van der Waals surface area (Å²) in [6.07, 6.45) is 3.30. The van der Waals surface area contributed by atoms with Gasteiger partial charge in [0.25, 0.3) is 0 Å². The zero-order chi connectivity index (χ0) is 10.1. The molecule has 0 aliphatic rings. The molecule has 0 spiro atoms. The minimum absolute atomic E-state index is 0.421. The first-order valence-electron chi connectivity index (χ1n) is 5.03. The Hall–Kier alpha value is -0.980. The lowest BCUT2D eigenvalue weighted by atomic mass is 10.1. The first-order chi connectivity index (χ1) is 6.26. The Morgan fingerprint density at radius 1 is 1.08 bits per heavy atom. The Morgan fingerprint density at radius 2 is 1.62 bits per heavy atom. The Balaban J connectivity index is 0.000000424. The monoisotopic (exact) mass is 180 g/mol. The van der Waals surface area contributed by atoms with Gasteiger partial charge in [-0.1, -0.05) is 51.8 Å². The second-order valence-corrected chi connectivity index (χ2v) is 3.09. The second kappa shape index (κ2) is 7.66. The van der Waals surface area contributed by atoms with E-state index in [1.54, 1.807) is 6.07 Å². The fraction of sp³-hybridized carbons (Fsp3) is 0.500. The maximum absolute atomic E-state index is 9.24. The van der Waals surface area contributed by atoms with Crippen LogP contribution in [0.5, 0.6) is 5.75 Å². The highest BCUT2D eigenvalue weighted by atomic mass is 16.3. The van der Waals surface area contributed by atoms with Gasteiger partial charge in [0.05, 0.1) is 0 Å². The highest BCUT2D eigenvalue weighted by Crippen LogP contribution is 2.16. The quantitative estimate of drug-likeness (QED) is 0.734. The van der Waals surface area contributed by atoms with Gasteiger partial charge in [-0.05, 0) is 18.1 Å². The Morgan fingerprint density at radius 3 is 2.08 bits per heavy atom. The Bertz CT molecular complexity index is 218. The van der Waals surface area contributed by atoms with Crippen LogP contribution in [0.1, 0.15) is 39.2 Å². The number of aromatic hydroxyl groups is 1. The number of hydrogen-bond donors (Lipinski definition) is 1. The molecule has 1 rings (SSSR count). The average Bonchev–Trinajstić information content (AvgIpc) is 2.11. The van der Waals surface area contributed by atoms with Crippen LogP contribution in [0.25, 0.3) is 0 Å². The zero-order valence-electron chi connectivity index (χ0n) is 8.88. The molecule has 0 aliphatic carbocycles. The highest BCUT2D eigenvalue weighted by Gasteiger charge is 1.95. The Kier molecular flexibility index (Phi) is 7.08. The molecule has 0 amide bonds. The summed E-state index contributed by atoms with van der Waals surface area (Å²) in [5.41, 5.74) is 1.05. The van der Waals surface area contributed by atoms with Crippen LogP contribution in [0.15, 0.2) is 24.3 Å². The first-order valence-corrected chi connectivity index (χ1v) is 5.03. The Labute approximate surface area is 81.4 Å². The average molecular weight is 180 g/mol. The molecule has 0 fully saturated rings. The molecular formula is C12H20O. The van der Waals surface area contributed by atoms with E-state index in [0.29, 0.717) is 5.75 Å². The number of phenolic OH excluding ortho intramolecular Hbond substituents is 1. The van der Waals surface area contributed by atoms with Gasteiger partial charge < -0.3 is 5.11 Å². The fourth-order valence-corrected chi connectivity index (χ4v) is 0.992. The molecule has 13 heavy (non-hydrogen) atoms. The maximum atomic E-state index is 9.24. The molecule has 0 aromatic heterocycles. The standard InChI is InChI=1S/C9H12O.C3H8/c1-2-5-8-6-3-4-7-9(8)10;1-3-2/h3-4,6-7,10H,2,5H2,1H3;3H2,1-2H3. The third-order valence-corrected chi connectivity index (χ3v) is 1.51. The molecule has 0 bridgehead atoms. The summed E-state index contributed by atoms with van der Waals surface area (Å²) in [7, 11) is 0. The SMILES string of the molecule is CCC.CCCc1ccccc1O. The molecule has 74 valence electrons. The molecule has 0 aliphatic heterocycles. The first kappa shape index (κ1) is 12.0. The van der Waals surface area contributed by atoms with Crippen LogP contribution in [0.2, 0.25) is 0 Å².